The summed E-state index contributed by atoms with van der Waals surface area (Å²) in [6.07, 6.45) is 2.78. The zero-order chi connectivity index (χ0) is 10.9. The van der Waals surface area contributed by atoms with Gasteiger partial charge in [-0.1, -0.05) is 30.3 Å². The van der Waals surface area contributed by atoms with E-state index in [1.54, 1.807) is 0 Å². The van der Waals surface area contributed by atoms with Crippen LogP contribution in [0.4, 0.5) is 0 Å². The number of carboxylic acids is 1. The highest BCUT2D eigenvalue weighted by Gasteiger charge is 2.47. The van der Waals surface area contributed by atoms with E-state index in [0.29, 0.717) is 12.3 Å². The summed E-state index contributed by atoms with van der Waals surface area (Å²) in [6.45, 7) is 1.88. The monoisotopic (exact) mass is 204 g/mol. The third-order valence-corrected chi connectivity index (χ3v) is 3.38. The van der Waals surface area contributed by atoms with E-state index in [9.17, 15) is 9.90 Å². The molecule has 2 nitrogen and oxygen atoms in total. The number of rotatable bonds is 4. The van der Waals surface area contributed by atoms with Crippen LogP contribution in [0.2, 0.25) is 0 Å². The van der Waals surface area contributed by atoms with Crippen LogP contribution in [0.25, 0.3) is 0 Å². The van der Waals surface area contributed by atoms with Crippen LogP contribution < -0.4 is 0 Å². The minimum atomic E-state index is -0.658. The molecule has 1 saturated carbocycles. The predicted molar refractivity (Wildman–Crippen MR) is 58.6 cm³/mol. The summed E-state index contributed by atoms with van der Waals surface area (Å²) in [5.74, 6) is -0.288. The molecule has 1 aliphatic carbocycles. The van der Waals surface area contributed by atoms with Gasteiger partial charge >= 0.3 is 5.97 Å². The van der Waals surface area contributed by atoms with Gasteiger partial charge in [-0.05, 0) is 37.7 Å². The average molecular weight is 204 g/mol. The summed E-state index contributed by atoms with van der Waals surface area (Å²) in [5.41, 5.74) is 0.552. The minimum Gasteiger partial charge on any atom is -0.481 e. The molecule has 2 heteroatoms. The van der Waals surface area contributed by atoms with Gasteiger partial charge in [0.15, 0.2) is 0 Å². The molecule has 0 saturated heterocycles. The van der Waals surface area contributed by atoms with Crippen molar-refractivity contribution >= 4 is 5.97 Å². The molecule has 1 aromatic rings. The molecule has 1 N–H and O–H groups in total. The molecule has 0 bridgehead atoms. The number of carbonyl (C=O) groups is 1. The van der Waals surface area contributed by atoms with Crippen molar-refractivity contribution in [3.63, 3.8) is 0 Å². The molecule has 1 fully saturated rings. The highest BCUT2D eigenvalue weighted by Crippen LogP contribution is 2.47. The summed E-state index contributed by atoms with van der Waals surface area (Å²) in [7, 11) is 0. The molecular formula is C13H16O2. The van der Waals surface area contributed by atoms with Gasteiger partial charge in [0.2, 0.25) is 0 Å². The highest BCUT2D eigenvalue weighted by atomic mass is 16.4. The molecule has 0 radical (unpaired) electrons. The standard InChI is InChI=1S/C13H16O2/c1-13(12(14)15,11-7-8-11)9-10-5-3-2-4-6-10/h2-6,11H,7-9H2,1H3,(H,14,15). The molecule has 80 valence electrons. The van der Waals surface area contributed by atoms with Crippen molar-refractivity contribution in [2.75, 3.05) is 0 Å². The second kappa shape index (κ2) is 3.69. The third-order valence-electron chi connectivity index (χ3n) is 3.38. The Kier molecular flexibility index (Phi) is 2.51. The van der Waals surface area contributed by atoms with E-state index in [2.05, 4.69) is 0 Å². The quantitative estimate of drug-likeness (QED) is 0.818. The number of carboxylic acid groups (broad SMARTS) is 1. The molecule has 1 aromatic carbocycles. The zero-order valence-electron chi connectivity index (χ0n) is 8.94. The first kappa shape index (κ1) is 10.2. The van der Waals surface area contributed by atoms with Crippen molar-refractivity contribution in [1.82, 2.24) is 0 Å². The van der Waals surface area contributed by atoms with Crippen LogP contribution in [0.3, 0.4) is 0 Å². The third kappa shape index (κ3) is 2.04. The molecule has 0 aliphatic heterocycles. The van der Waals surface area contributed by atoms with E-state index in [4.69, 9.17) is 0 Å². The lowest BCUT2D eigenvalue weighted by molar-refractivity contribution is -0.149. The Morgan fingerprint density at radius 3 is 2.47 bits per heavy atom. The highest BCUT2D eigenvalue weighted by molar-refractivity contribution is 5.75. The average Bonchev–Trinajstić information content (AvgIpc) is 3.02. The van der Waals surface area contributed by atoms with E-state index in [1.807, 2.05) is 37.3 Å². The van der Waals surface area contributed by atoms with E-state index in [-0.39, 0.29) is 0 Å². The molecule has 0 spiro atoms. The molecule has 2 rings (SSSR count). The van der Waals surface area contributed by atoms with Gasteiger partial charge < -0.3 is 5.11 Å². The molecular weight excluding hydrogens is 188 g/mol. The first-order valence-corrected chi connectivity index (χ1v) is 5.40. The fraction of sp³-hybridized carbons (Fsp3) is 0.462. The van der Waals surface area contributed by atoms with Gasteiger partial charge in [-0.2, -0.15) is 0 Å². The molecule has 0 heterocycles. The summed E-state index contributed by atoms with van der Waals surface area (Å²) >= 11 is 0. The van der Waals surface area contributed by atoms with Crippen LogP contribution in [-0.2, 0) is 11.2 Å². The Labute approximate surface area is 89.9 Å². The smallest absolute Gasteiger partial charge is 0.309 e. The SMILES string of the molecule is CC(Cc1ccccc1)(C(=O)O)C1CC1. The van der Waals surface area contributed by atoms with Gasteiger partial charge in [-0.25, -0.2) is 0 Å². The Balaban J connectivity index is 2.17. The van der Waals surface area contributed by atoms with Gasteiger partial charge in [-0.15, -0.1) is 0 Å². The van der Waals surface area contributed by atoms with Crippen LogP contribution in [0.1, 0.15) is 25.3 Å². The van der Waals surface area contributed by atoms with Crippen molar-refractivity contribution in [2.45, 2.75) is 26.2 Å². The fourth-order valence-corrected chi connectivity index (χ4v) is 2.13. The lowest BCUT2D eigenvalue weighted by Gasteiger charge is -2.24. The lowest BCUT2D eigenvalue weighted by Crippen LogP contribution is -2.32. The Bertz CT molecular complexity index is 354. The van der Waals surface area contributed by atoms with Crippen molar-refractivity contribution in [3.8, 4) is 0 Å². The van der Waals surface area contributed by atoms with Crippen LogP contribution in [0.5, 0.6) is 0 Å². The molecule has 1 unspecified atom stereocenters. The minimum absolute atomic E-state index is 0.371. The summed E-state index contributed by atoms with van der Waals surface area (Å²) < 4.78 is 0. The number of benzene rings is 1. The van der Waals surface area contributed by atoms with Crippen LogP contribution >= 0.6 is 0 Å². The Hall–Kier alpha value is -1.31. The molecule has 1 aliphatic rings. The predicted octanol–water partition coefficient (Wildman–Crippen LogP) is 2.73. The second-order valence-electron chi connectivity index (χ2n) is 4.66. The Morgan fingerprint density at radius 2 is 2.00 bits per heavy atom. The normalized spacial score (nSPS) is 19.5. The maximum Gasteiger partial charge on any atom is 0.309 e. The van der Waals surface area contributed by atoms with Gasteiger partial charge in [0.1, 0.15) is 0 Å². The first-order chi connectivity index (χ1) is 7.13. The van der Waals surface area contributed by atoms with Crippen molar-refractivity contribution in [3.05, 3.63) is 35.9 Å². The van der Waals surface area contributed by atoms with E-state index >= 15 is 0 Å². The zero-order valence-corrected chi connectivity index (χ0v) is 8.94. The van der Waals surface area contributed by atoms with Crippen molar-refractivity contribution < 1.29 is 9.90 Å². The maximum atomic E-state index is 11.3. The molecule has 15 heavy (non-hydrogen) atoms. The van der Waals surface area contributed by atoms with Crippen molar-refractivity contribution in [1.29, 1.82) is 0 Å². The number of aliphatic carboxylic acids is 1. The first-order valence-electron chi connectivity index (χ1n) is 5.40. The Morgan fingerprint density at radius 1 is 1.40 bits per heavy atom. The van der Waals surface area contributed by atoms with Gasteiger partial charge in [0.25, 0.3) is 0 Å². The topological polar surface area (TPSA) is 37.3 Å². The maximum absolute atomic E-state index is 11.3. The van der Waals surface area contributed by atoms with Gasteiger partial charge in [0, 0.05) is 0 Å². The number of hydrogen-bond acceptors (Lipinski definition) is 1. The van der Waals surface area contributed by atoms with Crippen LogP contribution in [-0.4, -0.2) is 11.1 Å². The fourth-order valence-electron chi connectivity index (χ4n) is 2.13. The van der Waals surface area contributed by atoms with Gasteiger partial charge in [0.05, 0.1) is 5.41 Å². The van der Waals surface area contributed by atoms with Gasteiger partial charge in [-0.3, -0.25) is 4.79 Å². The largest absolute Gasteiger partial charge is 0.481 e. The summed E-state index contributed by atoms with van der Waals surface area (Å²) in [4.78, 5) is 11.3. The van der Waals surface area contributed by atoms with Crippen LogP contribution in [0, 0.1) is 11.3 Å². The molecule has 0 amide bonds. The molecule has 1 atom stereocenters. The summed E-state index contributed by atoms with van der Waals surface area (Å²) in [5, 5.41) is 9.30. The lowest BCUT2D eigenvalue weighted by atomic mass is 9.79. The summed E-state index contributed by atoms with van der Waals surface area (Å²) in [6, 6.07) is 9.89. The van der Waals surface area contributed by atoms with Crippen molar-refractivity contribution in [2.24, 2.45) is 11.3 Å². The van der Waals surface area contributed by atoms with E-state index in [0.717, 1.165) is 18.4 Å². The van der Waals surface area contributed by atoms with E-state index < -0.39 is 11.4 Å². The van der Waals surface area contributed by atoms with Crippen LogP contribution in [0.15, 0.2) is 30.3 Å². The number of hydrogen-bond donors (Lipinski definition) is 1. The molecule has 0 aromatic heterocycles. The second-order valence-corrected chi connectivity index (χ2v) is 4.66. The van der Waals surface area contributed by atoms with E-state index in [1.165, 1.54) is 0 Å².